The molecule has 0 spiro atoms. The molecule has 1 N–H and O–H groups in total. The summed E-state index contributed by atoms with van der Waals surface area (Å²) in [6, 6.07) is 1.78. The van der Waals surface area contributed by atoms with Gasteiger partial charge < -0.3 is 9.84 Å². The van der Waals surface area contributed by atoms with Crippen LogP contribution in [0.25, 0.3) is 0 Å². The molecule has 0 saturated heterocycles. The van der Waals surface area contributed by atoms with Crippen LogP contribution in [0.2, 0.25) is 0 Å². The second-order valence-corrected chi connectivity index (χ2v) is 6.69. The van der Waals surface area contributed by atoms with E-state index in [0.717, 1.165) is 8.26 Å². The first-order valence-electron chi connectivity index (χ1n) is 5.08. The number of aryl methyl sites for hydroxylation is 1. The van der Waals surface area contributed by atoms with Crippen LogP contribution in [0.5, 0.6) is 0 Å². The number of thiophene rings is 1. The molecule has 18 heavy (non-hydrogen) atoms. The van der Waals surface area contributed by atoms with E-state index >= 15 is 0 Å². The minimum atomic E-state index is -0.105. The van der Waals surface area contributed by atoms with Gasteiger partial charge in [-0.1, -0.05) is 5.16 Å². The van der Waals surface area contributed by atoms with Crippen molar-refractivity contribution in [3.05, 3.63) is 30.9 Å². The van der Waals surface area contributed by atoms with Gasteiger partial charge in [-0.05, 0) is 37.9 Å². The molecule has 0 fully saturated rings. The number of rotatable bonds is 4. The average Bonchev–Trinajstić information content (AvgIpc) is 2.87. The maximum absolute atomic E-state index is 11.8. The summed E-state index contributed by atoms with van der Waals surface area (Å²) in [6.07, 6.45) is 0.552. The lowest BCUT2D eigenvalue weighted by Gasteiger charge is -2.00. The maximum atomic E-state index is 11.8. The molecule has 0 saturated carbocycles. The summed E-state index contributed by atoms with van der Waals surface area (Å²) in [5.74, 6) is 1.02. The summed E-state index contributed by atoms with van der Waals surface area (Å²) < 4.78 is 6.63. The van der Waals surface area contributed by atoms with Gasteiger partial charge in [-0.2, -0.15) is 4.98 Å². The van der Waals surface area contributed by atoms with Crippen molar-refractivity contribution < 1.29 is 9.32 Å². The van der Waals surface area contributed by atoms with E-state index in [2.05, 4.69) is 47.3 Å². The monoisotopic (exact) mass is 393 g/mol. The SMILES string of the molecule is Cc1nc(CCNC(=O)c2cc(Br)c(Br)s2)no1. The van der Waals surface area contributed by atoms with Crippen molar-refractivity contribution in [2.45, 2.75) is 13.3 Å². The Morgan fingerprint density at radius 2 is 2.33 bits per heavy atom. The van der Waals surface area contributed by atoms with Gasteiger partial charge in [0.2, 0.25) is 5.89 Å². The number of aromatic nitrogens is 2. The lowest BCUT2D eigenvalue weighted by atomic mass is 10.4. The normalized spacial score (nSPS) is 10.6. The number of nitrogens with zero attached hydrogens (tertiary/aromatic N) is 2. The van der Waals surface area contributed by atoms with Crippen molar-refractivity contribution in [2.24, 2.45) is 0 Å². The Hall–Kier alpha value is -0.730. The van der Waals surface area contributed by atoms with Gasteiger partial charge in [-0.25, -0.2) is 0 Å². The summed E-state index contributed by atoms with van der Waals surface area (Å²) in [7, 11) is 0. The molecule has 0 radical (unpaired) electrons. The summed E-state index contributed by atoms with van der Waals surface area (Å²) in [4.78, 5) is 16.5. The van der Waals surface area contributed by atoms with E-state index in [1.807, 2.05) is 0 Å². The van der Waals surface area contributed by atoms with Crippen LogP contribution in [0, 0.1) is 6.92 Å². The highest BCUT2D eigenvalue weighted by molar-refractivity contribution is 9.13. The Bertz CT molecular complexity index is 548. The second-order valence-electron chi connectivity index (χ2n) is 3.47. The number of carbonyl (C=O) groups excluding carboxylic acids is 1. The summed E-state index contributed by atoms with van der Waals surface area (Å²) in [5, 5.41) is 6.56. The van der Waals surface area contributed by atoms with E-state index in [0.29, 0.717) is 29.6 Å². The van der Waals surface area contributed by atoms with Crippen LogP contribution in [0.3, 0.4) is 0 Å². The van der Waals surface area contributed by atoms with E-state index in [1.54, 1.807) is 13.0 Å². The van der Waals surface area contributed by atoms with Crippen LogP contribution in [-0.2, 0) is 6.42 Å². The zero-order valence-electron chi connectivity index (χ0n) is 9.37. The van der Waals surface area contributed by atoms with Gasteiger partial charge in [0, 0.05) is 24.4 Å². The maximum Gasteiger partial charge on any atom is 0.261 e. The first kappa shape index (κ1) is 13.7. The van der Waals surface area contributed by atoms with E-state index in [4.69, 9.17) is 4.52 Å². The molecular formula is C10H9Br2N3O2S. The molecule has 2 heterocycles. The fourth-order valence-electron chi connectivity index (χ4n) is 1.28. The summed E-state index contributed by atoms with van der Waals surface area (Å²) in [5.41, 5.74) is 0. The molecule has 0 aliphatic carbocycles. The minimum Gasteiger partial charge on any atom is -0.351 e. The van der Waals surface area contributed by atoms with Gasteiger partial charge in [-0.3, -0.25) is 4.79 Å². The Balaban J connectivity index is 1.85. The van der Waals surface area contributed by atoms with Crippen LogP contribution < -0.4 is 5.32 Å². The minimum absolute atomic E-state index is 0.105. The third kappa shape index (κ3) is 3.39. The highest BCUT2D eigenvalue weighted by Crippen LogP contribution is 2.32. The molecule has 0 unspecified atom stereocenters. The molecule has 2 aromatic heterocycles. The molecule has 5 nitrogen and oxygen atoms in total. The third-order valence-electron chi connectivity index (χ3n) is 2.07. The molecule has 0 aliphatic rings. The second kappa shape index (κ2) is 5.94. The summed E-state index contributed by atoms with van der Waals surface area (Å²) in [6.45, 7) is 2.21. The zero-order chi connectivity index (χ0) is 13.1. The molecule has 0 aromatic carbocycles. The largest absolute Gasteiger partial charge is 0.351 e. The number of amides is 1. The van der Waals surface area contributed by atoms with Crippen LogP contribution in [0.4, 0.5) is 0 Å². The van der Waals surface area contributed by atoms with Crippen molar-refractivity contribution in [2.75, 3.05) is 6.54 Å². The number of halogens is 2. The molecule has 0 aliphatic heterocycles. The average molecular weight is 395 g/mol. The Labute approximate surface area is 124 Å². The number of nitrogens with one attached hydrogen (secondary N) is 1. The van der Waals surface area contributed by atoms with Crippen molar-refractivity contribution in [1.29, 1.82) is 0 Å². The zero-order valence-corrected chi connectivity index (χ0v) is 13.4. The summed E-state index contributed by atoms with van der Waals surface area (Å²) >= 11 is 8.08. The van der Waals surface area contributed by atoms with Crippen molar-refractivity contribution in [3.8, 4) is 0 Å². The van der Waals surface area contributed by atoms with E-state index < -0.39 is 0 Å². The van der Waals surface area contributed by atoms with E-state index in [9.17, 15) is 4.79 Å². The fraction of sp³-hybridized carbons (Fsp3) is 0.300. The number of hydrogen-bond donors (Lipinski definition) is 1. The molecule has 0 bridgehead atoms. The lowest BCUT2D eigenvalue weighted by Crippen LogP contribution is -2.25. The van der Waals surface area contributed by atoms with Gasteiger partial charge in [0.25, 0.3) is 5.91 Å². The fourth-order valence-corrected chi connectivity index (χ4v) is 3.23. The van der Waals surface area contributed by atoms with Gasteiger partial charge in [0.05, 0.1) is 8.66 Å². The lowest BCUT2D eigenvalue weighted by molar-refractivity contribution is 0.0958. The molecular weight excluding hydrogens is 386 g/mol. The molecule has 8 heteroatoms. The molecule has 0 atom stereocenters. The van der Waals surface area contributed by atoms with Crippen molar-refractivity contribution >= 4 is 49.1 Å². The predicted molar refractivity (Wildman–Crippen MR) is 74.8 cm³/mol. The van der Waals surface area contributed by atoms with E-state index in [-0.39, 0.29) is 5.91 Å². The molecule has 1 amide bonds. The standard InChI is InChI=1S/C10H9Br2N3O2S/c1-5-14-8(15-17-5)2-3-13-10(16)7-4-6(11)9(12)18-7/h4H,2-3H2,1H3,(H,13,16). The van der Waals surface area contributed by atoms with Crippen LogP contribution in [0.1, 0.15) is 21.4 Å². The first-order valence-corrected chi connectivity index (χ1v) is 7.48. The van der Waals surface area contributed by atoms with E-state index in [1.165, 1.54) is 11.3 Å². The Morgan fingerprint density at radius 3 is 2.89 bits per heavy atom. The Kier molecular flexibility index (Phi) is 4.52. The van der Waals surface area contributed by atoms with Crippen LogP contribution >= 0.6 is 43.2 Å². The first-order chi connectivity index (χ1) is 8.56. The Morgan fingerprint density at radius 1 is 1.56 bits per heavy atom. The topological polar surface area (TPSA) is 68.0 Å². The number of hydrogen-bond acceptors (Lipinski definition) is 5. The van der Waals surface area contributed by atoms with Gasteiger partial charge in [-0.15, -0.1) is 11.3 Å². The predicted octanol–water partition coefficient (Wildman–Crippen LogP) is 2.94. The van der Waals surface area contributed by atoms with Gasteiger partial charge in [0.15, 0.2) is 5.82 Å². The molecule has 2 rings (SSSR count). The number of carbonyl (C=O) groups is 1. The van der Waals surface area contributed by atoms with Crippen molar-refractivity contribution in [3.63, 3.8) is 0 Å². The molecule has 2 aromatic rings. The smallest absolute Gasteiger partial charge is 0.261 e. The van der Waals surface area contributed by atoms with Gasteiger partial charge in [0.1, 0.15) is 0 Å². The quantitative estimate of drug-likeness (QED) is 0.865. The van der Waals surface area contributed by atoms with Gasteiger partial charge >= 0.3 is 0 Å². The van der Waals surface area contributed by atoms with Crippen LogP contribution in [0.15, 0.2) is 18.8 Å². The van der Waals surface area contributed by atoms with Crippen molar-refractivity contribution in [1.82, 2.24) is 15.5 Å². The van der Waals surface area contributed by atoms with Crippen LogP contribution in [-0.4, -0.2) is 22.6 Å². The highest BCUT2D eigenvalue weighted by Gasteiger charge is 2.11. The molecule has 96 valence electrons. The highest BCUT2D eigenvalue weighted by atomic mass is 79.9. The third-order valence-corrected chi connectivity index (χ3v) is 5.33.